The molecule has 0 spiro atoms. The molecule has 0 saturated heterocycles. The molecule has 1 unspecified atom stereocenters. The van der Waals surface area contributed by atoms with Gasteiger partial charge in [0.2, 0.25) is 5.95 Å². The lowest BCUT2D eigenvalue weighted by Gasteiger charge is -2.26. The van der Waals surface area contributed by atoms with Crippen molar-refractivity contribution in [2.45, 2.75) is 25.7 Å². The number of aryl methyl sites for hydroxylation is 1. The minimum Gasteiger partial charge on any atom is -0.479 e. The van der Waals surface area contributed by atoms with Crippen LogP contribution in [0.1, 0.15) is 39.6 Å². The number of hydrogen-bond acceptors (Lipinski definition) is 7. The molecule has 2 heterocycles. The number of methoxy groups -OCH3 is 1. The summed E-state index contributed by atoms with van der Waals surface area (Å²) >= 11 is 5.97. The van der Waals surface area contributed by atoms with Crippen LogP contribution < -0.4 is 10.5 Å². The molecule has 29 heavy (non-hydrogen) atoms. The van der Waals surface area contributed by atoms with Gasteiger partial charge in [-0.3, -0.25) is 4.79 Å². The van der Waals surface area contributed by atoms with E-state index in [9.17, 15) is 9.18 Å². The van der Waals surface area contributed by atoms with Gasteiger partial charge in [-0.25, -0.2) is 24.3 Å². The second-order valence-corrected chi connectivity index (χ2v) is 7.16. The fourth-order valence-corrected chi connectivity index (χ4v) is 3.91. The Labute approximate surface area is 171 Å². The van der Waals surface area contributed by atoms with E-state index in [1.165, 1.54) is 25.4 Å². The molecule has 1 aliphatic carbocycles. The van der Waals surface area contributed by atoms with E-state index >= 15 is 0 Å². The lowest BCUT2D eigenvalue weighted by Crippen LogP contribution is -2.23. The quantitative estimate of drug-likeness (QED) is 0.700. The molecular weight excluding hydrogens is 397 g/mol. The average molecular weight is 414 g/mol. The number of rotatable bonds is 3. The summed E-state index contributed by atoms with van der Waals surface area (Å²) in [6.07, 6.45) is 2.18. The summed E-state index contributed by atoms with van der Waals surface area (Å²) in [6.45, 7) is 1.74. The minimum absolute atomic E-state index is 0.0659. The van der Waals surface area contributed by atoms with Crippen molar-refractivity contribution in [1.82, 2.24) is 19.9 Å². The second-order valence-electron chi connectivity index (χ2n) is 6.80. The zero-order chi connectivity index (χ0) is 20.7. The van der Waals surface area contributed by atoms with Gasteiger partial charge in [0.1, 0.15) is 5.82 Å². The van der Waals surface area contributed by atoms with Crippen molar-refractivity contribution in [3.8, 4) is 17.1 Å². The summed E-state index contributed by atoms with van der Waals surface area (Å²) < 4.78 is 19.2. The van der Waals surface area contributed by atoms with Crippen molar-refractivity contribution < 1.29 is 13.9 Å². The zero-order valence-electron chi connectivity index (χ0n) is 15.7. The molecule has 9 heteroatoms. The molecule has 7 nitrogen and oxygen atoms in total. The number of benzene rings is 1. The number of anilines is 1. The highest BCUT2D eigenvalue weighted by Gasteiger charge is 2.31. The highest BCUT2D eigenvalue weighted by atomic mass is 35.5. The molecule has 0 saturated carbocycles. The summed E-state index contributed by atoms with van der Waals surface area (Å²) in [5.74, 6) is -0.445. The first kappa shape index (κ1) is 19.2. The van der Waals surface area contributed by atoms with Crippen LogP contribution in [0.2, 0.25) is 5.15 Å². The number of aromatic nitrogens is 4. The van der Waals surface area contributed by atoms with Gasteiger partial charge in [0.15, 0.2) is 10.9 Å². The fraction of sp³-hybridized carbons (Fsp3) is 0.250. The van der Waals surface area contributed by atoms with E-state index < -0.39 is 5.82 Å². The van der Waals surface area contributed by atoms with Gasteiger partial charge < -0.3 is 10.5 Å². The third kappa shape index (κ3) is 3.51. The standard InChI is InChI=1S/C20H17ClFN5O2/c1-9-17-14(27-20(23)25-9)5-10(6-16(17)28)12-4-3-11(22)7-13(12)15-8-24-18(21)19(26-15)29-2/h3-4,7-8,10H,5-6H2,1-2H3,(H2,23,25,27). The van der Waals surface area contributed by atoms with Gasteiger partial charge >= 0.3 is 0 Å². The van der Waals surface area contributed by atoms with Gasteiger partial charge in [-0.15, -0.1) is 0 Å². The molecule has 1 atom stereocenters. The van der Waals surface area contributed by atoms with E-state index in [1.54, 1.807) is 13.0 Å². The summed E-state index contributed by atoms with van der Waals surface area (Å²) in [4.78, 5) is 29.6. The highest BCUT2D eigenvalue weighted by Crippen LogP contribution is 2.38. The molecule has 1 aromatic carbocycles. The predicted molar refractivity (Wildman–Crippen MR) is 106 cm³/mol. The molecule has 0 bridgehead atoms. The van der Waals surface area contributed by atoms with Gasteiger partial charge in [0.25, 0.3) is 5.88 Å². The Kier molecular flexibility index (Phi) is 4.87. The normalized spacial score (nSPS) is 15.9. The summed E-state index contributed by atoms with van der Waals surface area (Å²) in [6, 6.07) is 4.39. The molecule has 0 aliphatic heterocycles. The maximum Gasteiger partial charge on any atom is 0.252 e. The molecule has 3 aromatic rings. The molecule has 148 valence electrons. The van der Waals surface area contributed by atoms with E-state index in [0.717, 1.165) is 5.56 Å². The maximum atomic E-state index is 14.1. The van der Waals surface area contributed by atoms with Crippen molar-refractivity contribution in [1.29, 1.82) is 0 Å². The van der Waals surface area contributed by atoms with Crippen LogP contribution in [0, 0.1) is 12.7 Å². The smallest absolute Gasteiger partial charge is 0.252 e. The van der Waals surface area contributed by atoms with Crippen LogP contribution in [0.5, 0.6) is 5.88 Å². The Bertz CT molecular complexity index is 1140. The first-order valence-electron chi connectivity index (χ1n) is 8.90. The Morgan fingerprint density at radius 3 is 2.79 bits per heavy atom. The molecule has 0 radical (unpaired) electrons. The first-order valence-corrected chi connectivity index (χ1v) is 9.27. The number of ether oxygens (including phenoxy) is 1. The highest BCUT2D eigenvalue weighted by molar-refractivity contribution is 6.30. The predicted octanol–water partition coefficient (Wildman–Crippen LogP) is 3.54. The molecule has 4 rings (SSSR count). The molecule has 2 aromatic heterocycles. The van der Waals surface area contributed by atoms with Gasteiger partial charge in [-0.1, -0.05) is 17.7 Å². The van der Waals surface area contributed by atoms with Crippen molar-refractivity contribution in [3.05, 3.63) is 57.9 Å². The van der Waals surface area contributed by atoms with Crippen LogP contribution in [0.4, 0.5) is 10.3 Å². The van der Waals surface area contributed by atoms with Crippen molar-refractivity contribution in [2.75, 3.05) is 12.8 Å². The number of nitrogens with two attached hydrogens (primary N) is 1. The van der Waals surface area contributed by atoms with E-state index in [2.05, 4.69) is 19.9 Å². The molecule has 0 amide bonds. The lowest BCUT2D eigenvalue weighted by molar-refractivity contribution is 0.0962. The van der Waals surface area contributed by atoms with Crippen LogP contribution in [0.15, 0.2) is 24.4 Å². The number of Topliss-reactive ketones (excluding diaryl/α,β-unsaturated/α-hetero) is 1. The van der Waals surface area contributed by atoms with Crippen LogP contribution >= 0.6 is 11.6 Å². The fourth-order valence-electron chi connectivity index (χ4n) is 3.74. The topological polar surface area (TPSA) is 104 Å². The largest absolute Gasteiger partial charge is 0.479 e. The van der Waals surface area contributed by atoms with Gasteiger partial charge in [-0.05, 0) is 37.0 Å². The molecular formula is C20H17ClFN5O2. The number of halogens is 2. The van der Waals surface area contributed by atoms with Crippen LogP contribution in [0.25, 0.3) is 11.3 Å². The third-order valence-electron chi connectivity index (χ3n) is 4.96. The SMILES string of the molecule is COc1nc(-c2cc(F)ccc2C2CC(=O)c3c(C)nc(N)nc3C2)cnc1Cl. The van der Waals surface area contributed by atoms with Crippen LogP contribution in [-0.4, -0.2) is 32.8 Å². The maximum absolute atomic E-state index is 14.1. The number of hydrogen-bond donors (Lipinski definition) is 1. The van der Waals surface area contributed by atoms with Gasteiger partial charge in [0, 0.05) is 12.0 Å². The molecule has 2 N–H and O–H groups in total. The summed E-state index contributed by atoms with van der Waals surface area (Å²) in [7, 11) is 1.43. The lowest BCUT2D eigenvalue weighted by atomic mass is 9.79. The first-order chi connectivity index (χ1) is 13.9. The van der Waals surface area contributed by atoms with Crippen LogP contribution in [-0.2, 0) is 6.42 Å². The molecule has 0 fully saturated rings. The number of nitrogens with zero attached hydrogens (tertiary/aromatic N) is 4. The number of carbonyl (C=O) groups is 1. The van der Waals surface area contributed by atoms with E-state index in [4.69, 9.17) is 22.1 Å². The zero-order valence-corrected chi connectivity index (χ0v) is 16.5. The Balaban J connectivity index is 1.82. The Morgan fingerprint density at radius 1 is 1.24 bits per heavy atom. The Hall–Kier alpha value is -3.13. The van der Waals surface area contributed by atoms with Gasteiger partial charge in [0.05, 0.1) is 36.0 Å². The van der Waals surface area contributed by atoms with Gasteiger partial charge in [-0.2, -0.15) is 0 Å². The van der Waals surface area contributed by atoms with Crippen molar-refractivity contribution >= 4 is 23.3 Å². The molecule has 1 aliphatic rings. The number of nitrogen functional groups attached to an aromatic ring is 1. The summed E-state index contributed by atoms with van der Waals surface area (Å²) in [5, 5.41) is 0.110. The van der Waals surface area contributed by atoms with E-state index in [0.29, 0.717) is 34.6 Å². The second kappa shape index (κ2) is 7.36. The van der Waals surface area contributed by atoms with Crippen molar-refractivity contribution in [2.24, 2.45) is 0 Å². The monoisotopic (exact) mass is 413 g/mol. The minimum atomic E-state index is -0.426. The number of ketones is 1. The third-order valence-corrected chi connectivity index (χ3v) is 5.21. The number of carbonyl (C=O) groups excluding carboxylic acids is 1. The average Bonchev–Trinajstić information content (AvgIpc) is 2.67. The van der Waals surface area contributed by atoms with Crippen LogP contribution in [0.3, 0.4) is 0 Å². The Morgan fingerprint density at radius 2 is 2.03 bits per heavy atom. The van der Waals surface area contributed by atoms with Crippen molar-refractivity contribution in [3.63, 3.8) is 0 Å². The van der Waals surface area contributed by atoms with E-state index in [1.807, 2.05) is 0 Å². The summed E-state index contributed by atoms with van der Waals surface area (Å²) in [5.41, 5.74) is 9.15. The van der Waals surface area contributed by atoms with E-state index in [-0.39, 0.29) is 35.1 Å². The number of fused-ring (bicyclic) bond motifs is 1.